The smallest absolute Gasteiger partial charge is 0.314 e. The fourth-order valence-corrected chi connectivity index (χ4v) is 14.1. The number of fused-ring (bicyclic) bond motifs is 3. The summed E-state index contributed by atoms with van der Waals surface area (Å²) in [7, 11) is 4.44. The van der Waals surface area contributed by atoms with Crippen LogP contribution in [0.5, 0.6) is 0 Å². The zero-order valence-corrected chi connectivity index (χ0v) is 48.8. The van der Waals surface area contributed by atoms with Crippen molar-refractivity contribution in [1.29, 1.82) is 0 Å². The molecule has 11 rings (SSSR count). The lowest BCUT2D eigenvalue weighted by Gasteiger charge is -2.53. The van der Waals surface area contributed by atoms with Gasteiger partial charge in [0.05, 0.1) is 58.8 Å². The number of amides is 4. The predicted molar refractivity (Wildman–Crippen MR) is 308 cm³/mol. The van der Waals surface area contributed by atoms with Crippen molar-refractivity contribution in [3.8, 4) is 0 Å². The molecule has 0 saturated carbocycles. The summed E-state index contributed by atoms with van der Waals surface area (Å²) in [5.41, 5.74) is 10.8. The molecule has 0 radical (unpaired) electrons. The Morgan fingerprint density at radius 3 is 1.58 bits per heavy atom. The molecule has 5 aliphatic rings. The monoisotopic (exact) mass is 1080 g/mol. The first kappa shape index (κ1) is 56.1. The number of nitrogens with two attached hydrogens (primary N) is 1. The van der Waals surface area contributed by atoms with E-state index in [9.17, 15) is 19.2 Å². The van der Waals surface area contributed by atoms with E-state index in [1.54, 1.807) is 28.4 Å². The molecule has 6 aromatic rings. The normalized spacial score (nSPS) is 25.7. The Morgan fingerprint density at radius 2 is 1.11 bits per heavy atom. The minimum atomic E-state index is -0.884. The van der Waals surface area contributed by atoms with Gasteiger partial charge in [-0.1, -0.05) is 26.0 Å². The summed E-state index contributed by atoms with van der Waals surface area (Å²) >= 11 is 0. The van der Waals surface area contributed by atoms with Gasteiger partial charge in [-0.3, -0.25) is 43.3 Å². The number of hydrogen-bond acceptors (Lipinski definition) is 11. The van der Waals surface area contributed by atoms with Crippen LogP contribution >= 0.6 is 0 Å². The average Bonchev–Trinajstić information content (AvgIpc) is 4.34. The maximum absolute atomic E-state index is 13.9. The summed E-state index contributed by atoms with van der Waals surface area (Å²) in [6.45, 7) is 24.4. The van der Waals surface area contributed by atoms with Gasteiger partial charge in [-0.15, -0.1) is 0 Å². The number of anilines is 1. The Morgan fingerprint density at radius 1 is 0.620 bits per heavy atom. The van der Waals surface area contributed by atoms with E-state index in [1.165, 1.54) is 0 Å². The summed E-state index contributed by atoms with van der Waals surface area (Å²) in [6, 6.07) is 12.8. The molecule has 2 aromatic carbocycles. The van der Waals surface area contributed by atoms with Gasteiger partial charge in [-0.05, 0) is 187 Å². The van der Waals surface area contributed by atoms with Crippen molar-refractivity contribution in [2.24, 2.45) is 17.6 Å². The number of ether oxygens (including phenoxy) is 1. The van der Waals surface area contributed by atoms with Crippen molar-refractivity contribution in [3.05, 3.63) is 78.5 Å². The number of primary amides is 1. The van der Waals surface area contributed by atoms with Crippen LogP contribution in [0.1, 0.15) is 181 Å². The van der Waals surface area contributed by atoms with E-state index < -0.39 is 23.6 Å². The van der Waals surface area contributed by atoms with Crippen LogP contribution in [0.2, 0.25) is 0 Å². The van der Waals surface area contributed by atoms with E-state index in [0.717, 1.165) is 114 Å². The molecule has 0 aliphatic carbocycles. The Bertz CT molecular complexity index is 3220. The number of piperidine rings is 4. The number of benzene rings is 2. The molecule has 0 bridgehead atoms. The Labute approximate surface area is 465 Å². The predicted octanol–water partition coefficient (Wildman–Crippen LogP) is 9.89. The van der Waals surface area contributed by atoms with Gasteiger partial charge in [0.1, 0.15) is 0 Å². The van der Waals surface area contributed by atoms with Gasteiger partial charge < -0.3 is 25.6 Å². The van der Waals surface area contributed by atoms with Crippen molar-refractivity contribution in [3.63, 3.8) is 0 Å². The molecule has 5 atom stereocenters. The second-order valence-corrected chi connectivity index (χ2v) is 26.5. The third-order valence-electron chi connectivity index (χ3n) is 18.9. The van der Waals surface area contributed by atoms with Crippen molar-refractivity contribution < 1.29 is 23.9 Å². The van der Waals surface area contributed by atoms with Gasteiger partial charge in [-0.25, -0.2) is 4.68 Å². The number of carbonyl (C=O) groups excluding carboxylic acids is 4. The number of rotatable bonds is 6. The maximum atomic E-state index is 13.9. The Hall–Kier alpha value is -6.24. The molecule has 18 heteroatoms. The lowest BCUT2D eigenvalue weighted by molar-refractivity contribution is -0.147. The van der Waals surface area contributed by atoms with Crippen LogP contribution in [-0.2, 0) is 23.9 Å². The van der Waals surface area contributed by atoms with Crippen molar-refractivity contribution >= 4 is 62.0 Å². The number of pyridine rings is 1. The first-order valence-corrected chi connectivity index (χ1v) is 28.9. The summed E-state index contributed by atoms with van der Waals surface area (Å²) in [5.74, 6) is -2.03. The molecule has 1 unspecified atom stereocenters. The van der Waals surface area contributed by atoms with E-state index in [1.807, 2.05) is 16.8 Å². The topological polar surface area (TPSA) is 195 Å². The minimum Gasteiger partial charge on any atom is -0.361 e. The molecule has 79 heavy (non-hydrogen) atoms. The van der Waals surface area contributed by atoms with E-state index >= 15 is 0 Å². The van der Waals surface area contributed by atoms with Gasteiger partial charge in [0.2, 0.25) is 0 Å². The van der Waals surface area contributed by atoms with Crippen LogP contribution in [0.15, 0.2) is 67.4 Å². The standard InChI is InChI=1S/C36H48N8O3.C25H37N5O2/c1-23-10-13-30(24-11-12-28-25(15-24)22-43(40-28)27-16-35(2,3)41(6)36(4,5)17-27)42(21-23)34(46)33(45)39-29-20-37-18-26-19-38-44(32(26)29)31-9-7-8-14-47-31;1-16-7-10-21(29(14-16)23(32)22(26)31)17-8-9-20-18(11-17)15-30(27-20)19-12-24(2,3)28(6)25(4,5)13-19/h11-12,15,18-20,22-23,27,30-31H,7-10,13-14,16-17,21H2,1-6H3,(H,39,45);8-9,11,15-16,19,21H,7,10,12-14H2,1-6H3,(H2,26,31)/t23-,30+,31?;16-,21+/m00/s1. The number of nitrogens with zero attached hydrogens (tertiary/aromatic N) is 11. The molecule has 424 valence electrons. The molecule has 18 nitrogen and oxygen atoms in total. The minimum absolute atomic E-state index is 0.0563. The van der Waals surface area contributed by atoms with Gasteiger partial charge in [-0.2, -0.15) is 15.3 Å². The van der Waals surface area contributed by atoms with Gasteiger partial charge in [0.15, 0.2) is 6.23 Å². The second-order valence-electron chi connectivity index (χ2n) is 26.5. The average molecular weight is 1080 g/mol. The van der Waals surface area contributed by atoms with Crippen molar-refractivity contribution in [1.82, 2.24) is 53.9 Å². The zero-order chi connectivity index (χ0) is 56.5. The van der Waals surface area contributed by atoms with Crippen LogP contribution in [0.4, 0.5) is 5.69 Å². The molecular formula is C61H85N13O5. The van der Waals surface area contributed by atoms with Gasteiger partial charge in [0.25, 0.3) is 0 Å². The summed E-state index contributed by atoms with van der Waals surface area (Å²) in [5, 5.41) is 20.3. The SMILES string of the molecule is C[C@H]1CC[C@H](c2ccc3nn(C4CC(C)(C)N(C)C(C)(C)C4)cc3c2)N(C(=O)C(=O)Nc2cncc3cnn(C4CCCCO4)c23)C1.C[C@H]1CC[C@H](c2ccc3nn(C4CC(C)(C)N(C)C(C)(C)C4)cc3c2)N(C(=O)C(N)=O)C1. The molecule has 5 saturated heterocycles. The molecule has 3 N–H and O–H groups in total. The number of carbonyl (C=O) groups is 4. The van der Waals surface area contributed by atoms with E-state index in [2.05, 4.69) is 155 Å². The maximum Gasteiger partial charge on any atom is 0.314 e. The Kier molecular flexibility index (Phi) is 15.1. The fraction of sp³-hybridized carbons (Fsp3) is 0.607. The highest BCUT2D eigenvalue weighted by atomic mass is 16.5. The number of nitrogens with one attached hydrogen (secondary N) is 1. The summed E-state index contributed by atoms with van der Waals surface area (Å²) in [6.07, 6.45) is 19.8. The van der Waals surface area contributed by atoms with E-state index in [-0.39, 0.29) is 40.5 Å². The highest BCUT2D eigenvalue weighted by Crippen LogP contribution is 2.45. The molecular weight excluding hydrogens is 995 g/mol. The lowest BCUT2D eigenvalue weighted by atomic mass is 9.77. The molecule has 5 aliphatic heterocycles. The summed E-state index contributed by atoms with van der Waals surface area (Å²) < 4.78 is 12.1. The molecule has 5 fully saturated rings. The second kappa shape index (κ2) is 21.3. The van der Waals surface area contributed by atoms with Crippen LogP contribution in [0.25, 0.3) is 32.7 Å². The lowest BCUT2D eigenvalue weighted by Crippen LogP contribution is -2.58. The third-order valence-corrected chi connectivity index (χ3v) is 18.9. The quantitative estimate of drug-likeness (QED) is 0.151. The number of aromatic nitrogens is 7. The molecule has 9 heterocycles. The van der Waals surface area contributed by atoms with Gasteiger partial charge >= 0.3 is 23.6 Å². The third kappa shape index (κ3) is 11.2. The van der Waals surface area contributed by atoms with Crippen LogP contribution in [0.3, 0.4) is 0 Å². The highest BCUT2D eigenvalue weighted by molar-refractivity contribution is 6.40. The van der Waals surface area contributed by atoms with E-state index in [4.69, 9.17) is 20.7 Å². The first-order valence-electron chi connectivity index (χ1n) is 28.9. The largest absolute Gasteiger partial charge is 0.361 e. The van der Waals surface area contributed by atoms with Crippen molar-refractivity contribution in [2.45, 2.75) is 192 Å². The highest BCUT2D eigenvalue weighted by Gasteiger charge is 2.46. The Balaban J connectivity index is 0.000000192. The zero-order valence-electron chi connectivity index (χ0n) is 48.8. The van der Waals surface area contributed by atoms with Crippen LogP contribution in [-0.4, -0.2) is 134 Å². The number of likely N-dealkylation sites (tertiary alicyclic amines) is 4. The fourth-order valence-electron chi connectivity index (χ4n) is 14.1. The summed E-state index contributed by atoms with van der Waals surface area (Å²) in [4.78, 5) is 64.4. The van der Waals surface area contributed by atoms with Crippen LogP contribution in [0, 0.1) is 11.8 Å². The molecule has 4 amide bonds. The molecule has 4 aromatic heterocycles. The van der Waals surface area contributed by atoms with Crippen LogP contribution < -0.4 is 11.1 Å². The van der Waals surface area contributed by atoms with E-state index in [0.29, 0.717) is 49.3 Å². The van der Waals surface area contributed by atoms with Crippen molar-refractivity contribution in [2.75, 3.05) is 39.1 Å². The molecule has 0 spiro atoms. The number of hydrogen-bond donors (Lipinski definition) is 2. The first-order chi connectivity index (χ1) is 37.3. The van der Waals surface area contributed by atoms with Gasteiger partial charge in [0, 0.05) is 76.6 Å².